The van der Waals surface area contributed by atoms with Gasteiger partial charge < -0.3 is 15.7 Å². The summed E-state index contributed by atoms with van der Waals surface area (Å²) in [5.41, 5.74) is 4.67. The summed E-state index contributed by atoms with van der Waals surface area (Å²) < 4.78 is 26.3. The average molecular weight is 284 g/mol. The van der Waals surface area contributed by atoms with Crippen molar-refractivity contribution < 1.29 is 18.7 Å². The second-order valence-corrected chi connectivity index (χ2v) is 5.50. The van der Waals surface area contributed by atoms with E-state index in [0.29, 0.717) is 32.4 Å². The summed E-state index contributed by atoms with van der Waals surface area (Å²) >= 11 is 0. The van der Waals surface area contributed by atoms with Gasteiger partial charge >= 0.3 is 0 Å². The molecule has 1 aromatic rings. The maximum absolute atomic E-state index is 13.2. The number of halogens is 2. The van der Waals surface area contributed by atoms with E-state index in [2.05, 4.69) is 0 Å². The first-order valence-electron chi connectivity index (χ1n) is 6.56. The van der Waals surface area contributed by atoms with Gasteiger partial charge in [-0.05, 0) is 32.3 Å². The average Bonchev–Trinajstić information content (AvgIpc) is 2.54. The Bertz CT molecular complexity index is 532. The molecule has 0 bridgehead atoms. The molecular weight excluding hydrogens is 266 g/mol. The first kappa shape index (κ1) is 14.7. The molecule has 4 nitrogen and oxygen atoms in total. The zero-order chi connectivity index (χ0) is 14.9. The van der Waals surface area contributed by atoms with Crippen molar-refractivity contribution >= 4 is 11.6 Å². The van der Waals surface area contributed by atoms with E-state index in [1.54, 1.807) is 6.92 Å². The molecule has 1 aromatic carbocycles. The fourth-order valence-electron chi connectivity index (χ4n) is 2.38. The Morgan fingerprint density at radius 2 is 1.95 bits per heavy atom. The minimum atomic E-state index is -1.09. The van der Waals surface area contributed by atoms with E-state index in [9.17, 15) is 18.7 Å². The van der Waals surface area contributed by atoms with E-state index in [1.165, 1.54) is 4.90 Å². The van der Waals surface area contributed by atoms with Gasteiger partial charge in [-0.25, -0.2) is 8.78 Å². The molecule has 0 aromatic heterocycles. The summed E-state index contributed by atoms with van der Waals surface area (Å²) in [6.07, 6.45) is 1.70. The highest BCUT2D eigenvalue weighted by molar-refractivity contribution is 5.99. The SMILES string of the molecule is CC1(O)CCCN(C(=O)c2cc(F)c(F)cc2N)CC1. The molecule has 1 saturated heterocycles. The lowest BCUT2D eigenvalue weighted by Crippen LogP contribution is -2.34. The molecule has 1 unspecified atom stereocenters. The van der Waals surface area contributed by atoms with Gasteiger partial charge in [0, 0.05) is 24.8 Å². The van der Waals surface area contributed by atoms with E-state index in [0.717, 1.165) is 12.1 Å². The van der Waals surface area contributed by atoms with Gasteiger partial charge in [0.05, 0.1) is 11.2 Å². The highest BCUT2D eigenvalue weighted by atomic mass is 19.2. The van der Waals surface area contributed by atoms with Crippen LogP contribution in [0.25, 0.3) is 0 Å². The number of rotatable bonds is 1. The Morgan fingerprint density at radius 3 is 2.65 bits per heavy atom. The molecule has 1 aliphatic heterocycles. The smallest absolute Gasteiger partial charge is 0.256 e. The Labute approximate surface area is 116 Å². The van der Waals surface area contributed by atoms with Crippen LogP contribution in [0.4, 0.5) is 14.5 Å². The molecule has 1 amide bonds. The number of nitrogens with zero attached hydrogens (tertiary/aromatic N) is 1. The number of likely N-dealkylation sites (tertiary alicyclic amines) is 1. The number of hydrogen-bond donors (Lipinski definition) is 2. The minimum absolute atomic E-state index is 0.0366. The zero-order valence-corrected chi connectivity index (χ0v) is 11.3. The molecule has 1 heterocycles. The maximum Gasteiger partial charge on any atom is 0.256 e. The molecule has 0 spiro atoms. The molecule has 1 aliphatic rings. The fraction of sp³-hybridized carbons (Fsp3) is 0.500. The third-order valence-electron chi connectivity index (χ3n) is 3.67. The molecule has 1 atom stereocenters. The standard InChI is InChI=1S/C14H18F2N2O2/c1-14(20)3-2-5-18(6-4-14)13(19)9-7-10(15)11(16)8-12(9)17/h7-8,20H,2-6,17H2,1H3. The minimum Gasteiger partial charge on any atom is -0.398 e. The Kier molecular flexibility index (Phi) is 3.94. The predicted molar refractivity (Wildman–Crippen MR) is 71.1 cm³/mol. The van der Waals surface area contributed by atoms with Gasteiger partial charge in [0.15, 0.2) is 11.6 Å². The number of benzene rings is 1. The number of anilines is 1. The van der Waals surface area contributed by atoms with E-state index >= 15 is 0 Å². The number of amides is 1. The van der Waals surface area contributed by atoms with Crippen molar-refractivity contribution in [3.63, 3.8) is 0 Å². The van der Waals surface area contributed by atoms with Crippen molar-refractivity contribution in [2.24, 2.45) is 0 Å². The Morgan fingerprint density at radius 1 is 1.30 bits per heavy atom. The number of carbonyl (C=O) groups excluding carboxylic acids is 1. The summed E-state index contributed by atoms with van der Waals surface area (Å²) in [6.45, 7) is 2.56. The molecule has 2 rings (SSSR count). The van der Waals surface area contributed by atoms with Gasteiger partial charge in [0.25, 0.3) is 5.91 Å². The highest BCUT2D eigenvalue weighted by Crippen LogP contribution is 2.24. The van der Waals surface area contributed by atoms with Crippen molar-refractivity contribution in [3.05, 3.63) is 29.3 Å². The second-order valence-electron chi connectivity index (χ2n) is 5.50. The van der Waals surface area contributed by atoms with E-state index in [-0.39, 0.29) is 11.3 Å². The van der Waals surface area contributed by atoms with Crippen molar-refractivity contribution in [1.82, 2.24) is 4.90 Å². The topological polar surface area (TPSA) is 66.6 Å². The number of nitrogens with two attached hydrogens (primary N) is 1. The number of aliphatic hydroxyl groups is 1. The molecule has 1 fully saturated rings. The number of carbonyl (C=O) groups is 1. The molecule has 20 heavy (non-hydrogen) atoms. The molecular formula is C14H18F2N2O2. The van der Waals surface area contributed by atoms with Gasteiger partial charge in [-0.1, -0.05) is 0 Å². The van der Waals surface area contributed by atoms with Crippen LogP contribution < -0.4 is 5.73 Å². The van der Waals surface area contributed by atoms with E-state index < -0.39 is 23.1 Å². The normalized spacial score (nSPS) is 23.5. The number of nitrogen functional groups attached to an aromatic ring is 1. The quantitative estimate of drug-likeness (QED) is 0.774. The van der Waals surface area contributed by atoms with Crippen molar-refractivity contribution in [1.29, 1.82) is 0 Å². The molecule has 0 radical (unpaired) electrons. The fourth-order valence-corrected chi connectivity index (χ4v) is 2.38. The van der Waals surface area contributed by atoms with Crippen LogP contribution in [0.3, 0.4) is 0 Å². The lowest BCUT2D eigenvalue weighted by molar-refractivity contribution is 0.0438. The van der Waals surface area contributed by atoms with Crippen LogP contribution in [0.5, 0.6) is 0 Å². The van der Waals surface area contributed by atoms with Gasteiger partial charge in [0.2, 0.25) is 0 Å². The second kappa shape index (κ2) is 5.36. The largest absolute Gasteiger partial charge is 0.398 e. The molecule has 0 saturated carbocycles. The predicted octanol–water partition coefficient (Wildman–Crippen LogP) is 1.92. The van der Waals surface area contributed by atoms with Crippen molar-refractivity contribution in [3.8, 4) is 0 Å². The Hall–Kier alpha value is -1.69. The molecule has 6 heteroatoms. The van der Waals surface area contributed by atoms with Crippen LogP contribution in [0.1, 0.15) is 36.5 Å². The van der Waals surface area contributed by atoms with Crippen molar-refractivity contribution in [2.75, 3.05) is 18.8 Å². The monoisotopic (exact) mass is 284 g/mol. The number of hydrogen-bond acceptors (Lipinski definition) is 3. The van der Waals surface area contributed by atoms with Gasteiger partial charge in [-0.3, -0.25) is 4.79 Å². The third kappa shape index (κ3) is 3.07. The van der Waals surface area contributed by atoms with Crippen molar-refractivity contribution in [2.45, 2.75) is 31.8 Å². The molecule has 3 N–H and O–H groups in total. The summed E-state index contributed by atoms with van der Waals surface area (Å²) in [5.74, 6) is -2.60. The summed E-state index contributed by atoms with van der Waals surface area (Å²) in [6, 6.07) is 1.65. The first-order valence-corrected chi connectivity index (χ1v) is 6.56. The van der Waals surface area contributed by atoms with Crippen LogP contribution in [0.15, 0.2) is 12.1 Å². The van der Waals surface area contributed by atoms with Crippen LogP contribution in [0, 0.1) is 11.6 Å². The van der Waals surface area contributed by atoms with Gasteiger partial charge in [-0.2, -0.15) is 0 Å². The van der Waals surface area contributed by atoms with E-state index in [1.807, 2.05) is 0 Å². The third-order valence-corrected chi connectivity index (χ3v) is 3.67. The molecule has 110 valence electrons. The van der Waals surface area contributed by atoms with Gasteiger partial charge in [-0.15, -0.1) is 0 Å². The molecule has 0 aliphatic carbocycles. The summed E-state index contributed by atoms with van der Waals surface area (Å²) in [5, 5.41) is 9.99. The lowest BCUT2D eigenvalue weighted by atomic mass is 9.98. The van der Waals surface area contributed by atoms with E-state index in [4.69, 9.17) is 5.73 Å². The first-order chi connectivity index (χ1) is 9.30. The van der Waals surface area contributed by atoms with Crippen LogP contribution in [-0.4, -0.2) is 34.6 Å². The Balaban J connectivity index is 2.21. The van der Waals surface area contributed by atoms with Crippen LogP contribution in [0.2, 0.25) is 0 Å². The maximum atomic E-state index is 13.2. The lowest BCUT2D eigenvalue weighted by Gasteiger charge is -2.23. The van der Waals surface area contributed by atoms with Crippen LogP contribution >= 0.6 is 0 Å². The highest BCUT2D eigenvalue weighted by Gasteiger charge is 2.28. The summed E-state index contributed by atoms with van der Waals surface area (Å²) in [7, 11) is 0. The summed E-state index contributed by atoms with van der Waals surface area (Å²) in [4.78, 5) is 13.8. The zero-order valence-electron chi connectivity index (χ0n) is 11.3. The van der Waals surface area contributed by atoms with Crippen LogP contribution in [-0.2, 0) is 0 Å². The van der Waals surface area contributed by atoms with Gasteiger partial charge in [0.1, 0.15) is 0 Å².